The van der Waals surface area contributed by atoms with Crippen LogP contribution in [0.4, 0.5) is 18.9 Å². The number of nitrogens with one attached hydrogen (secondary N) is 1. The molecule has 0 saturated heterocycles. The normalized spacial score (nSPS) is 11.3. The van der Waals surface area contributed by atoms with E-state index in [1.807, 2.05) is 6.92 Å². The van der Waals surface area contributed by atoms with E-state index in [9.17, 15) is 18.0 Å². The van der Waals surface area contributed by atoms with E-state index < -0.39 is 17.6 Å². The van der Waals surface area contributed by atoms with Crippen LogP contribution in [0.15, 0.2) is 53.9 Å². The standard InChI is InChI=1S/C20H15ClF3NO2S/c1-12-8-14(6-7-16(12)21)27-10-13-9-18(28-11-13)19(26)25-17-5-3-2-4-15(17)20(22,23)24/h2-9,11H,10H2,1H3,(H,25,26). The molecule has 146 valence electrons. The largest absolute Gasteiger partial charge is 0.489 e. The summed E-state index contributed by atoms with van der Waals surface area (Å²) in [6, 6.07) is 11.7. The lowest BCUT2D eigenvalue weighted by Gasteiger charge is -2.12. The van der Waals surface area contributed by atoms with Crippen molar-refractivity contribution >= 4 is 34.5 Å². The van der Waals surface area contributed by atoms with Crippen molar-refractivity contribution in [2.75, 3.05) is 5.32 Å². The maximum Gasteiger partial charge on any atom is 0.418 e. The van der Waals surface area contributed by atoms with Crippen LogP contribution in [0.1, 0.15) is 26.4 Å². The second-order valence-corrected chi connectivity index (χ2v) is 7.33. The number of anilines is 1. The lowest BCUT2D eigenvalue weighted by Crippen LogP contribution is -2.15. The zero-order valence-corrected chi connectivity index (χ0v) is 16.2. The zero-order valence-electron chi connectivity index (χ0n) is 14.6. The van der Waals surface area contributed by atoms with Crippen LogP contribution in [0.2, 0.25) is 5.02 Å². The molecular weight excluding hydrogens is 411 g/mol. The molecule has 3 nitrogen and oxygen atoms in total. The van der Waals surface area contributed by atoms with Crippen LogP contribution < -0.4 is 10.1 Å². The molecule has 1 heterocycles. The second-order valence-electron chi connectivity index (χ2n) is 6.02. The van der Waals surface area contributed by atoms with Gasteiger partial charge in [0.05, 0.1) is 16.1 Å². The van der Waals surface area contributed by atoms with E-state index >= 15 is 0 Å². The number of benzene rings is 2. The Labute approximate surface area is 168 Å². The Hall–Kier alpha value is -2.51. The number of hydrogen-bond donors (Lipinski definition) is 1. The fourth-order valence-electron chi connectivity index (χ4n) is 2.47. The number of amides is 1. The van der Waals surface area contributed by atoms with Crippen molar-refractivity contribution in [1.29, 1.82) is 0 Å². The van der Waals surface area contributed by atoms with Gasteiger partial charge in [-0.1, -0.05) is 23.7 Å². The monoisotopic (exact) mass is 425 g/mol. The van der Waals surface area contributed by atoms with Gasteiger partial charge in [-0.3, -0.25) is 4.79 Å². The van der Waals surface area contributed by atoms with Gasteiger partial charge >= 0.3 is 6.18 Å². The Balaban J connectivity index is 1.67. The number of carbonyl (C=O) groups is 1. The Kier molecular flexibility index (Phi) is 5.96. The fourth-order valence-corrected chi connectivity index (χ4v) is 3.38. The predicted molar refractivity (Wildman–Crippen MR) is 104 cm³/mol. The number of aryl methyl sites for hydroxylation is 1. The minimum Gasteiger partial charge on any atom is -0.489 e. The number of halogens is 4. The minimum absolute atomic E-state index is 0.226. The number of carbonyl (C=O) groups excluding carboxylic acids is 1. The maximum atomic E-state index is 13.0. The van der Waals surface area contributed by atoms with Crippen LogP contribution in [-0.2, 0) is 12.8 Å². The van der Waals surface area contributed by atoms with Crippen LogP contribution in [-0.4, -0.2) is 5.91 Å². The average Bonchev–Trinajstić information content (AvgIpc) is 3.11. The number of ether oxygens (including phenoxy) is 1. The Morgan fingerprint density at radius 2 is 1.93 bits per heavy atom. The summed E-state index contributed by atoms with van der Waals surface area (Å²) in [7, 11) is 0. The van der Waals surface area contributed by atoms with Gasteiger partial charge < -0.3 is 10.1 Å². The van der Waals surface area contributed by atoms with Gasteiger partial charge in [-0.25, -0.2) is 0 Å². The van der Waals surface area contributed by atoms with Gasteiger partial charge in [0, 0.05) is 10.6 Å². The predicted octanol–water partition coefficient (Wildman–Crippen LogP) is 6.56. The first kappa shape index (κ1) is 20.2. The van der Waals surface area contributed by atoms with Gasteiger partial charge in [-0.15, -0.1) is 11.3 Å². The van der Waals surface area contributed by atoms with Gasteiger partial charge in [0.25, 0.3) is 5.91 Å². The molecule has 0 atom stereocenters. The molecule has 3 rings (SSSR count). The summed E-state index contributed by atoms with van der Waals surface area (Å²) >= 11 is 7.11. The first-order valence-corrected chi connectivity index (χ1v) is 9.44. The van der Waals surface area contributed by atoms with Gasteiger partial charge in [0.15, 0.2) is 0 Å². The van der Waals surface area contributed by atoms with Crippen LogP contribution in [0.3, 0.4) is 0 Å². The molecule has 0 spiro atoms. The summed E-state index contributed by atoms with van der Waals surface area (Å²) in [5.74, 6) is 0.0356. The van der Waals surface area contributed by atoms with Gasteiger partial charge in [-0.2, -0.15) is 13.2 Å². The van der Waals surface area contributed by atoms with Crippen LogP contribution in [0.5, 0.6) is 5.75 Å². The molecule has 0 radical (unpaired) electrons. The number of para-hydroxylation sites is 1. The lowest BCUT2D eigenvalue weighted by atomic mass is 10.1. The van der Waals surface area contributed by atoms with E-state index in [1.165, 1.54) is 18.2 Å². The van der Waals surface area contributed by atoms with E-state index in [0.29, 0.717) is 15.6 Å². The second kappa shape index (κ2) is 8.24. The molecule has 8 heteroatoms. The number of rotatable bonds is 5. The smallest absolute Gasteiger partial charge is 0.418 e. The fraction of sp³-hybridized carbons (Fsp3) is 0.150. The molecule has 1 aromatic heterocycles. The van der Waals surface area contributed by atoms with Crippen LogP contribution in [0, 0.1) is 6.92 Å². The molecular formula is C20H15ClF3NO2S. The number of hydrogen-bond acceptors (Lipinski definition) is 3. The molecule has 0 unspecified atom stereocenters. The molecule has 0 aliphatic carbocycles. The van der Waals surface area contributed by atoms with E-state index in [1.54, 1.807) is 29.6 Å². The van der Waals surface area contributed by atoms with Gasteiger partial charge in [0.2, 0.25) is 0 Å². The van der Waals surface area contributed by atoms with E-state index in [4.69, 9.17) is 16.3 Å². The molecule has 0 bridgehead atoms. The quantitative estimate of drug-likeness (QED) is 0.502. The Morgan fingerprint density at radius 1 is 1.18 bits per heavy atom. The summed E-state index contributed by atoms with van der Waals surface area (Å²) in [5.41, 5.74) is 0.462. The van der Waals surface area contributed by atoms with Crippen LogP contribution in [0.25, 0.3) is 0 Å². The molecule has 2 aromatic carbocycles. The molecule has 1 N–H and O–H groups in total. The highest BCUT2D eigenvalue weighted by molar-refractivity contribution is 7.12. The van der Waals surface area contributed by atoms with E-state index in [-0.39, 0.29) is 12.3 Å². The molecule has 0 saturated carbocycles. The first-order valence-electron chi connectivity index (χ1n) is 8.18. The average molecular weight is 426 g/mol. The summed E-state index contributed by atoms with van der Waals surface area (Å²) in [5, 5.41) is 4.70. The summed E-state index contributed by atoms with van der Waals surface area (Å²) in [4.78, 5) is 12.6. The van der Waals surface area contributed by atoms with Crippen molar-refractivity contribution < 1.29 is 22.7 Å². The van der Waals surface area contributed by atoms with Crippen molar-refractivity contribution in [3.63, 3.8) is 0 Å². The molecule has 3 aromatic rings. The van der Waals surface area contributed by atoms with Crippen LogP contribution >= 0.6 is 22.9 Å². The molecule has 0 fully saturated rings. The van der Waals surface area contributed by atoms with E-state index in [0.717, 1.165) is 28.5 Å². The van der Waals surface area contributed by atoms with E-state index in [2.05, 4.69) is 5.32 Å². The summed E-state index contributed by atoms with van der Waals surface area (Å²) in [6.45, 7) is 2.09. The van der Waals surface area contributed by atoms with Crippen molar-refractivity contribution in [2.45, 2.75) is 19.7 Å². The third-order valence-corrected chi connectivity index (χ3v) is 5.29. The SMILES string of the molecule is Cc1cc(OCc2csc(C(=O)Nc3ccccc3C(F)(F)F)c2)ccc1Cl. The lowest BCUT2D eigenvalue weighted by molar-refractivity contribution is -0.136. The minimum atomic E-state index is -4.55. The summed E-state index contributed by atoms with van der Waals surface area (Å²) in [6.07, 6.45) is -4.55. The third kappa shape index (κ3) is 4.85. The topological polar surface area (TPSA) is 38.3 Å². The van der Waals surface area contributed by atoms with Gasteiger partial charge in [-0.05, 0) is 54.3 Å². The summed E-state index contributed by atoms with van der Waals surface area (Å²) < 4.78 is 44.8. The highest BCUT2D eigenvalue weighted by Crippen LogP contribution is 2.35. The van der Waals surface area contributed by atoms with Crippen molar-refractivity contribution in [1.82, 2.24) is 0 Å². The third-order valence-electron chi connectivity index (χ3n) is 3.89. The Bertz CT molecular complexity index is 1000. The molecule has 28 heavy (non-hydrogen) atoms. The van der Waals surface area contributed by atoms with Crippen molar-refractivity contribution in [3.8, 4) is 5.75 Å². The molecule has 0 aliphatic heterocycles. The maximum absolute atomic E-state index is 13.0. The highest BCUT2D eigenvalue weighted by Gasteiger charge is 2.33. The van der Waals surface area contributed by atoms with Gasteiger partial charge in [0.1, 0.15) is 12.4 Å². The molecule has 1 amide bonds. The number of alkyl halides is 3. The van der Waals surface area contributed by atoms with Crippen molar-refractivity contribution in [3.05, 3.63) is 80.5 Å². The Morgan fingerprint density at radius 3 is 2.64 bits per heavy atom. The zero-order chi connectivity index (χ0) is 20.3. The number of thiophene rings is 1. The highest BCUT2D eigenvalue weighted by atomic mass is 35.5. The first-order chi connectivity index (χ1) is 13.2. The van der Waals surface area contributed by atoms with Crippen molar-refractivity contribution in [2.24, 2.45) is 0 Å². The molecule has 0 aliphatic rings.